The number of nitrogens with zero attached hydrogens (tertiary/aromatic N) is 4. The molecule has 4 aliphatic heterocycles. The lowest BCUT2D eigenvalue weighted by atomic mass is 9.95. The normalized spacial score (nSPS) is 24.2. The molecule has 4 fully saturated rings. The van der Waals surface area contributed by atoms with Crippen LogP contribution in [0.1, 0.15) is 84.3 Å². The standard InChI is InChI=1S/2C21H22F3N3O.2ClH/c2*1-13-16(14-3-5-15(6-4-14)21(22,23)24)8-11-25-18(13)17-7-9-20(26-17)10-12-27(2)19(20)28;;/h2*3-6,8,11,17,26H,7,9-10,12H2,1-2H3;2*1H/t17-,20+;17-,20-;;/m10../s1. The van der Waals surface area contributed by atoms with Gasteiger partial charge in [-0.25, -0.2) is 0 Å². The molecule has 4 saturated heterocycles. The highest BCUT2D eigenvalue weighted by molar-refractivity contribution is 5.89. The monoisotopic (exact) mass is 850 g/mol. The summed E-state index contributed by atoms with van der Waals surface area (Å²) in [5.41, 5.74) is 4.40. The van der Waals surface area contributed by atoms with Gasteiger partial charge in [-0.05, 0) is 122 Å². The van der Waals surface area contributed by atoms with Gasteiger partial charge in [-0.15, -0.1) is 24.8 Å². The van der Waals surface area contributed by atoms with Gasteiger partial charge in [-0.3, -0.25) is 30.2 Å². The molecule has 58 heavy (non-hydrogen) atoms. The van der Waals surface area contributed by atoms with Crippen LogP contribution in [0.3, 0.4) is 0 Å². The number of benzene rings is 2. The van der Waals surface area contributed by atoms with E-state index in [2.05, 4.69) is 20.6 Å². The molecule has 2 amide bonds. The number of carbonyl (C=O) groups is 2. The third kappa shape index (κ3) is 8.43. The number of hydrogen-bond acceptors (Lipinski definition) is 6. The Balaban J connectivity index is 0.000000214. The first kappa shape index (κ1) is 44.9. The number of likely N-dealkylation sites (tertiary alicyclic amines) is 2. The van der Waals surface area contributed by atoms with Crippen LogP contribution in [0.2, 0.25) is 0 Å². The van der Waals surface area contributed by atoms with Gasteiger partial charge >= 0.3 is 12.4 Å². The molecule has 0 bridgehead atoms. The van der Waals surface area contributed by atoms with E-state index in [1.807, 2.05) is 40.1 Å². The van der Waals surface area contributed by atoms with E-state index in [4.69, 9.17) is 0 Å². The number of pyridine rings is 2. The second-order valence-corrected chi connectivity index (χ2v) is 15.5. The number of rotatable bonds is 4. The Kier molecular flexibility index (Phi) is 13.0. The zero-order chi connectivity index (χ0) is 40.2. The van der Waals surface area contributed by atoms with Gasteiger partial charge in [0.1, 0.15) is 11.1 Å². The van der Waals surface area contributed by atoms with Crippen molar-refractivity contribution >= 4 is 36.6 Å². The molecule has 8 nitrogen and oxygen atoms in total. The SMILES string of the molecule is Cc1c(-c2ccc(C(F)(F)F)cc2)ccnc1[C@@H]1CC[C@@]2(CCN(C)C2=O)N1.Cc1c(-c2ccc(C(F)(F)F)cc2)ccnc1[C@H]1CC[C@@]2(CCN(C)C2=O)N1.Cl.Cl. The number of carbonyl (C=O) groups excluding carboxylic acids is 2. The molecule has 6 heterocycles. The van der Waals surface area contributed by atoms with Crippen LogP contribution in [0, 0.1) is 13.8 Å². The van der Waals surface area contributed by atoms with Crippen LogP contribution in [-0.2, 0) is 21.9 Å². The molecule has 2 aromatic carbocycles. The second-order valence-electron chi connectivity index (χ2n) is 15.5. The summed E-state index contributed by atoms with van der Waals surface area (Å²) in [7, 11) is 3.64. The van der Waals surface area contributed by atoms with Crippen molar-refractivity contribution in [2.45, 2.75) is 87.9 Å². The van der Waals surface area contributed by atoms with E-state index in [1.54, 1.807) is 22.2 Å². The lowest BCUT2D eigenvalue weighted by Crippen LogP contribution is -2.47. The van der Waals surface area contributed by atoms with Crippen molar-refractivity contribution in [3.8, 4) is 22.3 Å². The fraction of sp³-hybridized carbons (Fsp3) is 0.429. The average Bonchev–Trinajstić information content (AvgIpc) is 3.94. The van der Waals surface area contributed by atoms with E-state index in [0.717, 1.165) is 121 Å². The predicted octanol–water partition coefficient (Wildman–Crippen LogP) is 9.05. The van der Waals surface area contributed by atoms with E-state index in [-0.39, 0.29) is 48.7 Å². The number of alkyl halides is 6. The van der Waals surface area contributed by atoms with E-state index in [1.165, 1.54) is 24.3 Å². The molecule has 16 heteroatoms. The van der Waals surface area contributed by atoms with Gasteiger partial charge < -0.3 is 9.80 Å². The molecule has 312 valence electrons. The van der Waals surface area contributed by atoms with Crippen molar-refractivity contribution in [1.29, 1.82) is 0 Å². The maximum atomic E-state index is 12.8. The van der Waals surface area contributed by atoms with Gasteiger partial charge in [0.2, 0.25) is 11.8 Å². The van der Waals surface area contributed by atoms with Crippen LogP contribution in [-0.4, -0.2) is 69.8 Å². The van der Waals surface area contributed by atoms with E-state index in [0.29, 0.717) is 0 Å². The molecular weight excluding hydrogens is 805 g/mol. The molecule has 4 aromatic rings. The second kappa shape index (κ2) is 16.8. The molecule has 4 aliphatic rings. The van der Waals surface area contributed by atoms with Crippen molar-refractivity contribution in [1.82, 2.24) is 30.4 Å². The molecule has 8 rings (SSSR count). The van der Waals surface area contributed by atoms with Gasteiger partial charge in [-0.1, -0.05) is 24.3 Å². The maximum Gasteiger partial charge on any atom is 0.416 e. The van der Waals surface area contributed by atoms with Crippen molar-refractivity contribution < 1.29 is 35.9 Å². The minimum atomic E-state index is -4.35. The molecule has 0 radical (unpaired) electrons. The predicted molar refractivity (Wildman–Crippen MR) is 214 cm³/mol. The third-order valence-corrected chi connectivity index (χ3v) is 12.1. The van der Waals surface area contributed by atoms with Crippen LogP contribution in [0.4, 0.5) is 26.3 Å². The van der Waals surface area contributed by atoms with Crippen molar-refractivity contribution in [3.05, 3.63) is 107 Å². The largest absolute Gasteiger partial charge is 0.416 e. The highest BCUT2D eigenvalue weighted by Crippen LogP contribution is 2.42. The summed E-state index contributed by atoms with van der Waals surface area (Å²) in [6.07, 6.45) is -0.588. The Hall–Kier alpha value is -4.24. The first-order valence-electron chi connectivity index (χ1n) is 18.8. The van der Waals surface area contributed by atoms with Crippen LogP contribution in [0.25, 0.3) is 22.3 Å². The van der Waals surface area contributed by atoms with Crippen molar-refractivity contribution in [2.75, 3.05) is 27.2 Å². The molecular formula is C42H46Cl2F6N6O2. The highest BCUT2D eigenvalue weighted by atomic mass is 35.5. The molecule has 4 atom stereocenters. The van der Waals surface area contributed by atoms with Gasteiger partial charge in [0.05, 0.1) is 34.6 Å². The van der Waals surface area contributed by atoms with E-state index >= 15 is 0 Å². The first-order chi connectivity index (χ1) is 26.4. The van der Waals surface area contributed by atoms with Crippen LogP contribution in [0.15, 0.2) is 73.1 Å². The van der Waals surface area contributed by atoms with Gasteiger partial charge in [0.15, 0.2) is 0 Å². The molecule has 2 spiro atoms. The Morgan fingerprint density at radius 1 is 0.586 bits per heavy atom. The molecule has 0 saturated carbocycles. The fourth-order valence-electron chi connectivity index (χ4n) is 8.85. The summed E-state index contributed by atoms with van der Waals surface area (Å²) in [4.78, 5) is 37.7. The van der Waals surface area contributed by atoms with Gasteiger partial charge in [0, 0.05) is 39.6 Å². The molecule has 2 aromatic heterocycles. The molecule has 0 aliphatic carbocycles. The van der Waals surface area contributed by atoms with E-state index in [9.17, 15) is 35.9 Å². The van der Waals surface area contributed by atoms with Crippen LogP contribution < -0.4 is 10.6 Å². The summed E-state index contributed by atoms with van der Waals surface area (Å²) in [5, 5.41) is 7.02. The topological polar surface area (TPSA) is 90.5 Å². The third-order valence-electron chi connectivity index (χ3n) is 12.1. The van der Waals surface area contributed by atoms with Gasteiger partial charge in [-0.2, -0.15) is 26.3 Å². The first-order valence-corrected chi connectivity index (χ1v) is 18.8. The Morgan fingerprint density at radius 3 is 1.22 bits per heavy atom. The highest BCUT2D eigenvalue weighted by Gasteiger charge is 2.51. The number of nitrogens with one attached hydrogen (secondary N) is 2. The van der Waals surface area contributed by atoms with Crippen molar-refractivity contribution in [2.24, 2.45) is 0 Å². The zero-order valence-electron chi connectivity index (χ0n) is 32.4. The minimum absolute atomic E-state index is 0. The van der Waals surface area contributed by atoms with Crippen LogP contribution >= 0.6 is 24.8 Å². The van der Waals surface area contributed by atoms with E-state index < -0.39 is 34.6 Å². The van der Waals surface area contributed by atoms with Crippen LogP contribution in [0.5, 0.6) is 0 Å². The fourth-order valence-corrected chi connectivity index (χ4v) is 8.85. The number of halogens is 8. The lowest BCUT2D eigenvalue weighted by Gasteiger charge is -2.24. The number of aromatic nitrogens is 2. The lowest BCUT2D eigenvalue weighted by molar-refractivity contribution is -0.138. The Morgan fingerprint density at radius 2 is 0.931 bits per heavy atom. The Labute approximate surface area is 346 Å². The average molecular weight is 852 g/mol. The minimum Gasteiger partial charge on any atom is -0.344 e. The zero-order valence-corrected chi connectivity index (χ0v) is 34.1. The quantitative estimate of drug-likeness (QED) is 0.199. The summed E-state index contributed by atoms with van der Waals surface area (Å²) in [6.45, 7) is 5.36. The Bertz CT molecular complexity index is 1980. The number of amides is 2. The summed E-state index contributed by atoms with van der Waals surface area (Å²) in [6, 6.07) is 13.9. The number of likely N-dealkylation sites (N-methyl/N-ethyl adjacent to an activating group) is 2. The summed E-state index contributed by atoms with van der Waals surface area (Å²) >= 11 is 0. The molecule has 2 N–H and O–H groups in total. The molecule has 0 unspecified atom stereocenters. The smallest absolute Gasteiger partial charge is 0.344 e. The van der Waals surface area contributed by atoms with Crippen molar-refractivity contribution in [3.63, 3.8) is 0 Å². The maximum absolute atomic E-state index is 12.8. The van der Waals surface area contributed by atoms with Gasteiger partial charge in [0.25, 0.3) is 0 Å². The number of hydrogen-bond donors (Lipinski definition) is 2. The summed E-state index contributed by atoms with van der Waals surface area (Å²) in [5.74, 6) is 0.262. The summed E-state index contributed by atoms with van der Waals surface area (Å²) < 4.78 is 76.9.